The van der Waals surface area contributed by atoms with Gasteiger partial charge in [-0.2, -0.15) is 0 Å². The molecular formula is C10H14ClNO2. The first-order valence-electron chi connectivity index (χ1n) is 4.22. The molecule has 0 fully saturated rings. The number of rotatable bonds is 3. The van der Waals surface area contributed by atoms with Crippen LogP contribution in [0.4, 0.5) is 0 Å². The van der Waals surface area contributed by atoms with Gasteiger partial charge in [-0.05, 0) is 17.5 Å². The predicted molar refractivity (Wildman–Crippen MR) is 57.6 cm³/mol. The zero-order valence-corrected chi connectivity index (χ0v) is 8.75. The molecular weight excluding hydrogens is 202 g/mol. The summed E-state index contributed by atoms with van der Waals surface area (Å²) in [4.78, 5) is 10.5. The Kier molecular flexibility index (Phi) is 5.20. The molecule has 0 radical (unpaired) electrons. The lowest BCUT2D eigenvalue weighted by Crippen LogP contribution is -2.20. The molecule has 3 N–H and O–H groups in total. The largest absolute Gasteiger partial charge is 0.480 e. The molecule has 78 valence electrons. The highest BCUT2D eigenvalue weighted by Gasteiger charge is 2.12. The molecule has 1 rings (SSSR count). The normalized spacial score (nSPS) is 11.6. The molecule has 0 spiro atoms. The zero-order valence-electron chi connectivity index (χ0n) is 7.93. The number of carboxylic acids is 1. The molecule has 0 saturated carbocycles. The molecule has 14 heavy (non-hydrogen) atoms. The minimum Gasteiger partial charge on any atom is -0.480 e. The van der Waals surface area contributed by atoms with E-state index >= 15 is 0 Å². The van der Waals surface area contributed by atoms with E-state index in [0.29, 0.717) is 5.56 Å². The van der Waals surface area contributed by atoms with Crippen LogP contribution in [-0.4, -0.2) is 11.1 Å². The van der Waals surface area contributed by atoms with E-state index in [1.54, 1.807) is 12.1 Å². The number of benzene rings is 1. The van der Waals surface area contributed by atoms with E-state index in [9.17, 15) is 4.79 Å². The van der Waals surface area contributed by atoms with Gasteiger partial charge in [-0.1, -0.05) is 31.2 Å². The van der Waals surface area contributed by atoms with Gasteiger partial charge < -0.3 is 10.8 Å². The molecule has 0 aliphatic carbocycles. The number of hydrogen-bond acceptors (Lipinski definition) is 2. The van der Waals surface area contributed by atoms with Crippen molar-refractivity contribution in [1.29, 1.82) is 0 Å². The molecule has 1 unspecified atom stereocenters. The average Bonchev–Trinajstić information content (AvgIpc) is 2.17. The van der Waals surface area contributed by atoms with Crippen LogP contribution in [0.15, 0.2) is 24.3 Å². The van der Waals surface area contributed by atoms with Crippen LogP contribution >= 0.6 is 12.4 Å². The molecule has 0 heterocycles. The highest BCUT2D eigenvalue weighted by molar-refractivity contribution is 5.85. The van der Waals surface area contributed by atoms with Gasteiger partial charge in [0.15, 0.2) is 0 Å². The summed E-state index contributed by atoms with van der Waals surface area (Å²) < 4.78 is 0. The number of nitrogens with two attached hydrogens (primary N) is 1. The smallest absolute Gasteiger partial charge is 0.325 e. The van der Waals surface area contributed by atoms with E-state index < -0.39 is 12.0 Å². The summed E-state index contributed by atoms with van der Waals surface area (Å²) >= 11 is 0. The van der Waals surface area contributed by atoms with Crippen molar-refractivity contribution >= 4 is 18.4 Å². The van der Waals surface area contributed by atoms with E-state index in [-0.39, 0.29) is 12.4 Å². The third kappa shape index (κ3) is 3.01. The fourth-order valence-corrected chi connectivity index (χ4v) is 1.10. The third-order valence-electron chi connectivity index (χ3n) is 2.01. The monoisotopic (exact) mass is 215 g/mol. The minimum atomic E-state index is -0.996. The van der Waals surface area contributed by atoms with Crippen LogP contribution in [0.1, 0.15) is 24.1 Å². The SMILES string of the molecule is CCc1ccc(C(N)C(=O)O)cc1.Cl. The zero-order chi connectivity index (χ0) is 9.84. The summed E-state index contributed by atoms with van der Waals surface area (Å²) in [6, 6.07) is 6.41. The summed E-state index contributed by atoms with van der Waals surface area (Å²) in [6.07, 6.45) is 0.947. The van der Waals surface area contributed by atoms with Crippen molar-refractivity contribution in [3.05, 3.63) is 35.4 Å². The van der Waals surface area contributed by atoms with Crippen molar-refractivity contribution in [1.82, 2.24) is 0 Å². The second-order valence-corrected chi connectivity index (χ2v) is 2.91. The summed E-state index contributed by atoms with van der Waals surface area (Å²) in [5.41, 5.74) is 7.25. The van der Waals surface area contributed by atoms with E-state index in [4.69, 9.17) is 10.8 Å². The van der Waals surface area contributed by atoms with Gasteiger partial charge in [-0.3, -0.25) is 4.79 Å². The minimum absolute atomic E-state index is 0. The number of aryl methyl sites for hydroxylation is 1. The Hall–Kier alpha value is -1.06. The first kappa shape index (κ1) is 12.9. The van der Waals surface area contributed by atoms with Gasteiger partial charge in [0.05, 0.1) is 0 Å². The van der Waals surface area contributed by atoms with Crippen LogP contribution in [0.5, 0.6) is 0 Å². The second-order valence-electron chi connectivity index (χ2n) is 2.91. The van der Waals surface area contributed by atoms with Gasteiger partial charge in [0.1, 0.15) is 6.04 Å². The van der Waals surface area contributed by atoms with Gasteiger partial charge >= 0.3 is 5.97 Å². The summed E-state index contributed by atoms with van der Waals surface area (Å²) in [5.74, 6) is -0.996. The Balaban J connectivity index is 0.00000169. The number of hydrogen-bond donors (Lipinski definition) is 2. The van der Waals surface area contributed by atoms with Gasteiger partial charge in [0.25, 0.3) is 0 Å². The highest BCUT2D eigenvalue weighted by Crippen LogP contribution is 2.11. The van der Waals surface area contributed by atoms with Crippen molar-refractivity contribution < 1.29 is 9.90 Å². The molecule has 0 amide bonds. The number of carbonyl (C=O) groups is 1. The summed E-state index contributed by atoms with van der Waals surface area (Å²) in [7, 11) is 0. The van der Waals surface area contributed by atoms with Crippen LogP contribution in [0.25, 0.3) is 0 Å². The van der Waals surface area contributed by atoms with Gasteiger partial charge in [0, 0.05) is 0 Å². The van der Waals surface area contributed by atoms with Gasteiger partial charge in [-0.15, -0.1) is 12.4 Å². The molecule has 0 saturated heterocycles. The molecule has 0 aromatic heterocycles. The van der Waals surface area contributed by atoms with Crippen molar-refractivity contribution in [3.8, 4) is 0 Å². The maximum atomic E-state index is 10.5. The van der Waals surface area contributed by atoms with Crippen LogP contribution < -0.4 is 5.73 Å². The third-order valence-corrected chi connectivity index (χ3v) is 2.01. The quantitative estimate of drug-likeness (QED) is 0.808. The number of carboxylic acid groups (broad SMARTS) is 1. The number of halogens is 1. The predicted octanol–water partition coefficient (Wildman–Crippen LogP) is 1.76. The van der Waals surface area contributed by atoms with E-state index in [1.807, 2.05) is 19.1 Å². The van der Waals surface area contributed by atoms with Crippen LogP contribution in [0, 0.1) is 0 Å². The van der Waals surface area contributed by atoms with Crippen molar-refractivity contribution in [2.24, 2.45) is 5.73 Å². The Bertz CT molecular complexity index is 297. The molecule has 3 nitrogen and oxygen atoms in total. The molecule has 1 aromatic carbocycles. The fraction of sp³-hybridized carbons (Fsp3) is 0.300. The molecule has 1 atom stereocenters. The lowest BCUT2D eigenvalue weighted by molar-refractivity contribution is -0.138. The Morgan fingerprint density at radius 3 is 2.29 bits per heavy atom. The summed E-state index contributed by atoms with van der Waals surface area (Å²) in [6.45, 7) is 2.05. The summed E-state index contributed by atoms with van der Waals surface area (Å²) in [5, 5.41) is 8.64. The Morgan fingerprint density at radius 1 is 1.43 bits per heavy atom. The van der Waals surface area contributed by atoms with Crippen LogP contribution in [-0.2, 0) is 11.2 Å². The second kappa shape index (κ2) is 5.62. The maximum Gasteiger partial charge on any atom is 0.325 e. The van der Waals surface area contributed by atoms with Gasteiger partial charge in [0.2, 0.25) is 0 Å². The first-order chi connectivity index (χ1) is 6.15. The molecule has 0 aliphatic rings. The topological polar surface area (TPSA) is 63.3 Å². The Morgan fingerprint density at radius 2 is 1.93 bits per heavy atom. The Labute approximate surface area is 89.3 Å². The van der Waals surface area contributed by atoms with Crippen molar-refractivity contribution in [3.63, 3.8) is 0 Å². The van der Waals surface area contributed by atoms with E-state index in [1.165, 1.54) is 5.56 Å². The fourth-order valence-electron chi connectivity index (χ4n) is 1.10. The van der Waals surface area contributed by atoms with Crippen molar-refractivity contribution in [2.75, 3.05) is 0 Å². The van der Waals surface area contributed by atoms with Crippen LogP contribution in [0.3, 0.4) is 0 Å². The molecule has 4 heteroatoms. The lowest BCUT2D eigenvalue weighted by atomic mass is 10.0. The first-order valence-corrected chi connectivity index (χ1v) is 4.22. The standard InChI is InChI=1S/C10H13NO2.ClH/c1-2-7-3-5-8(6-4-7)9(11)10(12)13;/h3-6,9H,2,11H2,1H3,(H,12,13);1H. The van der Waals surface area contributed by atoms with Gasteiger partial charge in [-0.25, -0.2) is 0 Å². The molecule has 1 aromatic rings. The van der Waals surface area contributed by atoms with E-state index in [0.717, 1.165) is 6.42 Å². The molecule has 0 bridgehead atoms. The molecule has 0 aliphatic heterocycles. The number of aliphatic carboxylic acids is 1. The van der Waals surface area contributed by atoms with Crippen molar-refractivity contribution in [2.45, 2.75) is 19.4 Å². The average molecular weight is 216 g/mol. The highest BCUT2D eigenvalue weighted by atomic mass is 35.5. The lowest BCUT2D eigenvalue weighted by Gasteiger charge is -2.06. The van der Waals surface area contributed by atoms with E-state index in [2.05, 4.69) is 0 Å². The maximum absolute atomic E-state index is 10.5. The van der Waals surface area contributed by atoms with Crippen LogP contribution in [0.2, 0.25) is 0 Å².